The van der Waals surface area contributed by atoms with Gasteiger partial charge in [0, 0.05) is 30.0 Å². The summed E-state index contributed by atoms with van der Waals surface area (Å²) in [6, 6.07) is 2.53. The molecular weight excluding hydrogens is 234 g/mol. The lowest BCUT2D eigenvalue weighted by Crippen LogP contribution is -2.45. The van der Waals surface area contributed by atoms with Gasteiger partial charge in [-0.3, -0.25) is 0 Å². The van der Waals surface area contributed by atoms with Crippen molar-refractivity contribution in [3.8, 4) is 0 Å². The van der Waals surface area contributed by atoms with E-state index in [1.807, 2.05) is 0 Å². The van der Waals surface area contributed by atoms with E-state index in [0.29, 0.717) is 5.54 Å². The van der Waals surface area contributed by atoms with Crippen molar-refractivity contribution in [3.63, 3.8) is 0 Å². The zero-order valence-electron chi connectivity index (χ0n) is 12.4. The molecule has 1 atom stereocenters. The van der Waals surface area contributed by atoms with Crippen LogP contribution in [0.5, 0.6) is 0 Å². The number of aromatic nitrogens is 1. The third kappa shape index (κ3) is 2.23. The number of nitrogens with zero attached hydrogens (tertiary/aromatic N) is 2. The SMILES string of the molecule is CN(C)C1(Cn2ccc3c2CCCC3N)CCCC1. The lowest BCUT2D eigenvalue weighted by molar-refractivity contribution is 0.132. The molecule has 2 aliphatic rings. The molecule has 1 heterocycles. The fraction of sp³-hybridized carbons (Fsp3) is 0.750. The molecule has 1 saturated carbocycles. The summed E-state index contributed by atoms with van der Waals surface area (Å²) in [6.45, 7) is 1.14. The molecule has 0 spiro atoms. The van der Waals surface area contributed by atoms with E-state index in [-0.39, 0.29) is 6.04 Å². The Balaban J connectivity index is 1.87. The van der Waals surface area contributed by atoms with Gasteiger partial charge in [-0.1, -0.05) is 12.8 Å². The second-order valence-electron chi connectivity index (χ2n) is 6.67. The highest BCUT2D eigenvalue weighted by Gasteiger charge is 2.37. The van der Waals surface area contributed by atoms with E-state index < -0.39 is 0 Å². The molecule has 0 radical (unpaired) electrons. The summed E-state index contributed by atoms with van der Waals surface area (Å²) in [7, 11) is 4.49. The smallest absolute Gasteiger partial charge is 0.0407 e. The van der Waals surface area contributed by atoms with Gasteiger partial charge in [0.1, 0.15) is 0 Å². The fourth-order valence-corrected chi connectivity index (χ4v) is 4.04. The van der Waals surface area contributed by atoms with E-state index in [1.54, 1.807) is 0 Å². The van der Waals surface area contributed by atoms with Crippen LogP contribution in [0.3, 0.4) is 0 Å². The largest absolute Gasteiger partial charge is 0.349 e. The van der Waals surface area contributed by atoms with Crippen LogP contribution in [0.15, 0.2) is 12.3 Å². The van der Waals surface area contributed by atoms with Crippen LogP contribution in [0.2, 0.25) is 0 Å². The van der Waals surface area contributed by atoms with Crippen LogP contribution in [0.4, 0.5) is 0 Å². The molecule has 1 aromatic rings. The molecule has 2 N–H and O–H groups in total. The van der Waals surface area contributed by atoms with E-state index >= 15 is 0 Å². The third-order valence-corrected chi connectivity index (χ3v) is 5.39. The summed E-state index contributed by atoms with van der Waals surface area (Å²) in [5, 5.41) is 0. The zero-order chi connectivity index (χ0) is 13.5. The van der Waals surface area contributed by atoms with Crippen LogP contribution in [-0.4, -0.2) is 29.1 Å². The Morgan fingerprint density at radius 3 is 2.74 bits per heavy atom. The van der Waals surface area contributed by atoms with Crippen molar-refractivity contribution in [2.24, 2.45) is 5.73 Å². The second-order valence-corrected chi connectivity index (χ2v) is 6.67. The minimum atomic E-state index is 0.267. The molecule has 1 aromatic heterocycles. The van der Waals surface area contributed by atoms with E-state index in [1.165, 1.54) is 49.8 Å². The normalized spacial score (nSPS) is 25.8. The van der Waals surface area contributed by atoms with E-state index in [9.17, 15) is 0 Å². The van der Waals surface area contributed by atoms with Crippen molar-refractivity contribution < 1.29 is 0 Å². The monoisotopic (exact) mass is 261 g/mol. The van der Waals surface area contributed by atoms with Gasteiger partial charge in [-0.2, -0.15) is 0 Å². The molecule has 19 heavy (non-hydrogen) atoms. The molecule has 3 heteroatoms. The fourth-order valence-electron chi connectivity index (χ4n) is 4.04. The number of likely N-dealkylation sites (N-methyl/N-ethyl adjacent to an activating group) is 1. The lowest BCUT2D eigenvalue weighted by atomic mass is 9.92. The van der Waals surface area contributed by atoms with Crippen molar-refractivity contribution in [2.45, 2.75) is 63.1 Å². The minimum Gasteiger partial charge on any atom is -0.349 e. The Labute approximate surface area is 116 Å². The van der Waals surface area contributed by atoms with E-state index in [0.717, 1.165) is 13.0 Å². The first-order chi connectivity index (χ1) is 9.12. The first-order valence-corrected chi connectivity index (χ1v) is 7.73. The summed E-state index contributed by atoms with van der Waals surface area (Å²) in [4.78, 5) is 2.45. The number of fused-ring (bicyclic) bond motifs is 1. The van der Waals surface area contributed by atoms with Crippen molar-refractivity contribution in [3.05, 3.63) is 23.5 Å². The molecule has 3 rings (SSSR count). The van der Waals surface area contributed by atoms with Crippen LogP contribution in [0.1, 0.15) is 55.8 Å². The molecule has 0 amide bonds. The van der Waals surface area contributed by atoms with Crippen LogP contribution >= 0.6 is 0 Å². The van der Waals surface area contributed by atoms with Crippen LogP contribution < -0.4 is 5.73 Å². The summed E-state index contributed by atoms with van der Waals surface area (Å²) >= 11 is 0. The van der Waals surface area contributed by atoms with Gasteiger partial charge in [-0.25, -0.2) is 0 Å². The van der Waals surface area contributed by atoms with Crippen molar-refractivity contribution in [1.29, 1.82) is 0 Å². The molecule has 1 fully saturated rings. The van der Waals surface area contributed by atoms with E-state index in [2.05, 4.69) is 35.8 Å². The predicted octanol–water partition coefficient (Wildman–Crippen LogP) is 2.70. The Kier molecular flexibility index (Phi) is 3.44. The Hall–Kier alpha value is -0.800. The maximum absolute atomic E-state index is 6.24. The Bertz CT molecular complexity index is 441. The summed E-state index contributed by atoms with van der Waals surface area (Å²) in [6.07, 6.45) is 11.3. The molecular formula is C16H27N3. The highest BCUT2D eigenvalue weighted by atomic mass is 15.2. The summed E-state index contributed by atoms with van der Waals surface area (Å²) in [5.41, 5.74) is 9.51. The van der Waals surface area contributed by atoms with Gasteiger partial charge in [0.2, 0.25) is 0 Å². The van der Waals surface area contributed by atoms with Crippen LogP contribution in [0.25, 0.3) is 0 Å². The molecule has 0 saturated heterocycles. The summed E-state index contributed by atoms with van der Waals surface area (Å²) < 4.78 is 2.50. The van der Waals surface area contributed by atoms with Gasteiger partial charge >= 0.3 is 0 Å². The molecule has 2 aliphatic carbocycles. The lowest BCUT2D eigenvalue weighted by Gasteiger charge is -2.37. The molecule has 0 aromatic carbocycles. The predicted molar refractivity (Wildman–Crippen MR) is 79.2 cm³/mol. The topological polar surface area (TPSA) is 34.2 Å². The zero-order valence-corrected chi connectivity index (χ0v) is 12.4. The number of hydrogen-bond donors (Lipinski definition) is 1. The van der Waals surface area contributed by atoms with Gasteiger partial charge in [-0.15, -0.1) is 0 Å². The van der Waals surface area contributed by atoms with Gasteiger partial charge in [0.15, 0.2) is 0 Å². The molecule has 0 bridgehead atoms. The average Bonchev–Trinajstić information content (AvgIpc) is 2.99. The van der Waals surface area contributed by atoms with Gasteiger partial charge in [0.05, 0.1) is 0 Å². The Morgan fingerprint density at radius 2 is 2.05 bits per heavy atom. The quantitative estimate of drug-likeness (QED) is 0.908. The molecule has 106 valence electrons. The van der Waals surface area contributed by atoms with Gasteiger partial charge < -0.3 is 15.2 Å². The number of rotatable bonds is 3. The highest BCUT2D eigenvalue weighted by Crippen LogP contribution is 2.37. The Morgan fingerprint density at radius 1 is 1.32 bits per heavy atom. The third-order valence-electron chi connectivity index (χ3n) is 5.39. The van der Waals surface area contributed by atoms with Crippen LogP contribution in [-0.2, 0) is 13.0 Å². The van der Waals surface area contributed by atoms with Crippen molar-refractivity contribution in [2.75, 3.05) is 14.1 Å². The number of nitrogens with two attached hydrogens (primary N) is 1. The first-order valence-electron chi connectivity index (χ1n) is 7.73. The van der Waals surface area contributed by atoms with Gasteiger partial charge in [0.25, 0.3) is 0 Å². The standard InChI is InChI=1S/C16H27N3/c1-18(2)16(9-3-4-10-16)12-19-11-8-13-14(17)6-5-7-15(13)19/h8,11,14H,3-7,9-10,12,17H2,1-2H3. The maximum Gasteiger partial charge on any atom is 0.0407 e. The van der Waals surface area contributed by atoms with Crippen molar-refractivity contribution in [1.82, 2.24) is 9.47 Å². The first kappa shape index (κ1) is 13.2. The highest BCUT2D eigenvalue weighted by molar-refractivity contribution is 5.28. The van der Waals surface area contributed by atoms with Gasteiger partial charge in [-0.05, 0) is 57.8 Å². The van der Waals surface area contributed by atoms with Crippen molar-refractivity contribution >= 4 is 0 Å². The number of hydrogen-bond acceptors (Lipinski definition) is 2. The second kappa shape index (κ2) is 4.95. The van der Waals surface area contributed by atoms with E-state index in [4.69, 9.17) is 5.73 Å². The molecule has 3 nitrogen and oxygen atoms in total. The maximum atomic E-state index is 6.24. The molecule has 1 unspecified atom stereocenters. The molecule has 0 aliphatic heterocycles. The summed E-state index contributed by atoms with van der Waals surface area (Å²) in [5.74, 6) is 0. The minimum absolute atomic E-state index is 0.267. The van der Waals surface area contributed by atoms with Crippen LogP contribution in [0, 0.1) is 0 Å². The average molecular weight is 261 g/mol.